The molecule has 9 heteroatoms. The van der Waals surface area contributed by atoms with Crippen LogP contribution in [0.25, 0.3) is 12.2 Å². The average molecular weight is 458 g/mol. The summed E-state index contributed by atoms with van der Waals surface area (Å²) in [6.07, 6.45) is 4.67. The van der Waals surface area contributed by atoms with Gasteiger partial charge in [-0.25, -0.2) is 8.42 Å². The second kappa shape index (κ2) is 9.17. The van der Waals surface area contributed by atoms with Gasteiger partial charge < -0.3 is 9.84 Å². The Bertz CT molecular complexity index is 1170. The van der Waals surface area contributed by atoms with Crippen LogP contribution in [0.2, 0.25) is 0 Å². The molecule has 1 aliphatic rings. The minimum Gasteiger partial charge on any atom is -0.355 e. The van der Waals surface area contributed by atoms with Gasteiger partial charge in [-0.05, 0) is 55.5 Å². The molecule has 3 aromatic rings. The van der Waals surface area contributed by atoms with Crippen LogP contribution in [-0.2, 0) is 14.8 Å². The van der Waals surface area contributed by atoms with E-state index in [9.17, 15) is 13.2 Å². The molecule has 4 rings (SSSR count). The maximum Gasteiger partial charge on any atom is 0.248 e. The molecule has 0 saturated carbocycles. The number of sulfonamides is 1. The summed E-state index contributed by atoms with van der Waals surface area (Å²) in [6, 6.07) is 13.0. The number of nitrogens with one attached hydrogen (secondary N) is 1. The molecule has 1 N–H and O–H groups in total. The molecule has 1 saturated heterocycles. The molecule has 0 radical (unpaired) electrons. The SMILES string of the molecule is Cc1noc(/C=C/c2cccs2)c1S(=O)(=O)N1CCCC(C(=O)Nc2ccccc2)C1. The van der Waals surface area contributed by atoms with Crippen LogP contribution in [0, 0.1) is 12.8 Å². The fourth-order valence-corrected chi connectivity index (χ4v) is 6.00. The number of piperidine rings is 1. The lowest BCUT2D eigenvalue weighted by atomic mass is 9.99. The van der Waals surface area contributed by atoms with Crippen LogP contribution < -0.4 is 5.32 Å². The molecule has 162 valence electrons. The highest BCUT2D eigenvalue weighted by molar-refractivity contribution is 7.89. The van der Waals surface area contributed by atoms with Crippen molar-refractivity contribution < 1.29 is 17.7 Å². The molecule has 7 nitrogen and oxygen atoms in total. The smallest absolute Gasteiger partial charge is 0.248 e. The largest absolute Gasteiger partial charge is 0.355 e. The molecular formula is C22H23N3O4S2. The zero-order valence-corrected chi connectivity index (χ0v) is 18.7. The second-order valence-corrected chi connectivity index (χ2v) is 10.2. The fraction of sp³-hybridized carbons (Fsp3) is 0.273. The van der Waals surface area contributed by atoms with Crippen LogP contribution in [0.3, 0.4) is 0 Å². The summed E-state index contributed by atoms with van der Waals surface area (Å²) in [5, 5.41) is 8.70. The molecule has 1 unspecified atom stereocenters. The van der Waals surface area contributed by atoms with E-state index in [1.54, 1.807) is 30.4 Å². The average Bonchev–Trinajstić information content (AvgIpc) is 3.42. The number of nitrogens with zero attached hydrogens (tertiary/aromatic N) is 2. The molecule has 2 aromatic heterocycles. The van der Waals surface area contributed by atoms with Crippen molar-refractivity contribution in [1.82, 2.24) is 9.46 Å². The lowest BCUT2D eigenvalue weighted by Crippen LogP contribution is -2.43. The molecule has 1 amide bonds. The van der Waals surface area contributed by atoms with E-state index in [0.29, 0.717) is 30.8 Å². The lowest BCUT2D eigenvalue weighted by Gasteiger charge is -2.31. The third kappa shape index (κ3) is 4.79. The van der Waals surface area contributed by atoms with Gasteiger partial charge in [-0.2, -0.15) is 4.31 Å². The summed E-state index contributed by atoms with van der Waals surface area (Å²) >= 11 is 1.54. The minimum atomic E-state index is -3.86. The predicted molar refractivity (Wildman–Crippen MR) is 121 cm³/mol. The number of carbonyl (C=O) groups is 1. The van der Waals surface area contributed by atoms with Crippen molar-refractivity contribution in [3.63, 3.8) is 0 Å². The van der Waals surface area contributed by atoms with Gasteiger partial charge >= 0.3 is 0 Å². The Morgan fingerprint density at radius 3 is 2.77 bits per heavy atom. The number of rotatable bonds is 6. The molecule has 1 aromatic carbocycles. The van der Waals surface area contributed by atoms with Crippen molar-refractivity contribution in [1.29, 1.82) is 0 Å². The third-order valence-electron chi connectivity index (χ3n) is 5.17. The zero-order valence-electron chi connectivity index (χ0n) is 17.0. The number of amides is 1. The van der Waals surface area contributed by atoms with Crippen LogP contribution in [0.1, 0.15) is 29.2 Å². The van der Waals surface area contributed by atoms with Crippen LogP contribution in [0.4, 0.5) is 5.69 Å². The van der Waals surface area contributed by atoms with Crippen LogP contribution in [0.15, 0.2) is 57.3 Å². The van der Waals surface area contributed by atoms with E-state index in [4.69, 9.17) is 4.52 Å². The van der Waals surface area contributed by atoms with Crippen LogP contribution in [0.5, 0.6) is 0 Å². The first kappa shape index (κ1) is 21.5. The van der Waals surface area contributed by atoms with E-state index in [1.165, 1.54) is 4.31 Å². The van der Waals surface area contributed by atoms with E-state index < -0.39 is 15.9 Å². The predicted octanol–water partition coefficient (Wildman–Crippen LogP) is 4.25. The summed E-state index contributed by atoms with van der Waals surface area (Å²) in [6.45, 7) is 2.10. The molecule has 1 fully saturated rings. The molecule has 0 bridgehead atoms. The van der Waals surface area contributed by atoms with E-state index in [1.807, 2.05) is 47.8 Å². The number of thiophene rings is 1. The Balaban J connectivity index is 1.53. The quantitative estimate of drug-likeness (QED) is 0.597. The Kier molecular flexibility index (Phi) is 6.35. The van der Waals surface area contributed by atoms with E-state index in [2.05, 4.69) is 10.5 Å². The Morgan fingerprint density at radius 2 is 2.03 bits per heavy atom. The lowest BCUT2D eigenvalue weighted by molar-refractivity contribution is -0.120. The second-order valence-electron chi connectivity index (χ2n) is 7.37. The van der Waals surface area contributed by atoms with Gasteiger partial charge in [0, 0.05) is 23.7 Å². The highest BCUT2D eigenvalue weighted by atomic mass is 32.2. The Labute approximate surface area is 185 Å². The first-order valence-electron chi connectivity index (χ1n) is 9.99. The maximum atomic E-state index is 13.4. The van der Waals surface area contributed by atoms with Crippen molar-refractivity contribution in [2.24, 2.45) is 5.92 Å². The monoisotopic (exact) mass is 457 g/mol. The van der Waals surface area contributed by atoms with Gasteiger partial charge in [0.25, 0.3) is 0 Å². The van der Waals surface area contributed by atoms with Crippen molar-refractivity contribution in [3.05, 3.63) is 64.2 Å². The topological polar surface area (TPSA) is 92.5 Å². The molecule has 31 heavy (non-hydrogen) atoms. The van der Waals surface area contributed by atoms with Crippen molar-refractivity contribution in [2.45, 2.75) is 24.7 Å². The van der Waals surface area contributed by atoms with E-state index in [-0.39, 0.29) is 23.1 Å². The van der Waals surface area contributed by atoms with Crippen molar-refractivity contribution >= 4 is 45.1 Å². The van der Waals surface area contributed by atoms with E-state index >= 15 is 0 Å². The van der Waals surface area contributed by atoms with Gasteiger partial charge in [0.1, 0.15) is 5.69 Å². The normalized spacial score (nSPS) is 17.8. The molecule has 3 heterocycles. The number of carbonyl (C=O) groups excluding carboxylic acids is 1. The van der Waals surface area contributed by atoms with Gasteiger partial charge in [-0.1, -0.05) is 29.4 Å². The van der Waals surface area contributed by atoms with Gasteiger partial charge in [-0.15, -0.1) is 11.3 Å². The Hall–Kier alpha value is -2.75. The summed E-state index contributed by atoms with van der Waals surface area (Å²) in [4.78, 5) is 13.8. The van der Waals surface area contributed by atoms with Crippen LogP contribution in [-0.4, -0.2) is 36.9 Å². The molecule has 0 spiro atoms. The van der Waals surface area contributed by atoms with Crippen molar-refractivity contribution in [3.8, 4) is 0 Å². The number of para-hydroxylation sites is 1. The fourth-order valence-electron chi connectivity index (χ4n) is 3.61. The maximum absolute atomic E-state index is 13.4. The number of hydrogen-bond donors (Lipinski definition) is 1. The van der Waals surface area contributed by atoms with Gasteiger partial charge in [0.15, 0.2) is 10.7 Å². The molecule has 1 aliphatic heterocycles. The molecular weight excluding hydrogens is 434 g/mol. The van der Waals surface area contributed by atoms with E-state index in [0.717, 1.165) is 4.88 Å². The highest BCUT2D eigenvalue weighted by Crippen LogP contribution is 2.30. The summed E-state index contributed by atoms with van der Waals surface area (Å²) < 4.78 is 33.6. The van der Waals surface area contributed by atoms with Crippen molar-refractivity contribution in [2.75, 3.05) is 18.4 Å². The number of aryl methyl sites for hydroxylation is 1. The summed E-state index contributed by atoms with van der Waals surface area (Å²) in [5.41, 5.74) is 1.00. The van der Waals surface area contributed by atoms with Crippen LogP contribution >= 0.6 is 11.3 Å². The van der Waals surface area contributed by atoms with Gasteiger partial charge in [0.05, 0.1) is 5.92 Å². The number of hydrogen-bond acceptors (Lipinski definition) is 6. The first-order chi connectivity index (χ1) is 14.9. The Morgan fingerprint density at radius 1 is 1.23 bits per heavy atom. The molecule has 0 aliphatic carbocycles. The number of anilines is 1. The molecule has 1 atom stereocenters. The van der Waals surface area contributed by atoms with Gasteiger partial charge in [0.2, 0.25) is 15.9 Å². The minimum absolute atomic E-state index is 0.0597. The first-order valence-corrected chi connectivity index (χ1v) is 12.3. The third-order valence-corrected chi connectivity index (χ3v) is 8.03. The van der Waals surface area contributed by atoms with Gasteiger partial charge in [-0.3, -0.25) is 4.79 Å². The summed E-state index contributed by atoms with van der Waals surface area (Å²) in [5.74, 6) is -0.401. The number of aromatic nitrogens is 1. The number of benzene rings is 1. The zero-order chi connectivity index (χ0) is 21.8. The highest BCUT2D eigenvalue weighted by Gasteiger charge is 2.36. The standard InChI is InChI=1S/C22H23N3O4S2/c1-16-21(20(29-24-16)12-11-19-10-6-14-30-19)31(27,28)25-13-5-7-17(15-25)22(26)23-18-8-3-2-4-9-18/h2-4,6,8-12,14,17H,5,7,13,15H2,1H3,(H,23,26)/b12-11+. The summed E-state index contributed by atoms with van der Waals surface area (Å²) in [7, 11) is -3.86.